The molecule has 104 valence electrons. The van der Waals surface area contributed by atoms with E-state index >= 15 is 0 Å². The Labute approximate surface area is 117 Å². The van der Waals surface area contributed by atoms with Crippen LogP contribution in [0.2, 0.25) is 5.02 Å². The number of aryl methyl sites for hydroxylation is 1. The van der Waals surface area contributed by atoms with Crippen molar-refractivity contribution in [2.24, 2.45) is 0 Å². The number of benzene rings is 1. The second kappa shape index (κ2) is 5.75. The molecule has 0 radical (unpaired) electrons. The van der Waals surface area contributed by atoms with Gasteiger partial charge in [0.2, 0.25) is 0 Å². The van der Waals surface area contributed by atoms with E-state index in [4.69, 9.17) is 16.3 Å². The average molecular weight is 285 g/mol. The first-order chi connectivity index (χ1) is 8.99. The molecule has 1 unspecified atom stereocenters. The van der Waals surface area contributed by atoms with E-state index < -0.39 is 4.92 Å². The van der Waals surface area contributed by atoms with Gasteiger partial charge in [0.05, 0.1) is 21.7 Å². The van der Waals surface area contributed by atoms with Gasteiger partial charge in [-0.3, -0.25) is 10.1 Å². The number of halogens is 1. The lowest BCUT2D eigenvalue weighted by molar-refractivity contribution is -0.384. The Hall–Kier alpha value is -1.33. The van der Waals surface area contributed by atoms with E-state index in [1.54, 1.807) is 6.07 Å². The van der Waals surface area contributed by atoms with E-state index in [1.807, 2.05) is 18.9 Å². The SMILES string of the molecule is Cc1cc([N+](=O)[O-])cc(Cl)c1N(C)CC1CCCO1. The zero-order valence-electron chi connectivity index (χ0n) is 11.1. The van der Waals surface area contributed by atoms with Gasteiger partial charge >= 0.3 is 0 Å². The predicted molar refractivity (Wildman–Crippen MR) is 75.1 cm³/mol. The highest BCUT2D eigenvalue weighted by atomic mass is 35.5. The number of nitro benzene ring substituents is 1. The van der Waals surface area contributed by atoms with Gasteiger partial charge < -0.3 is 9.64 Å². The molecule has 2 rings (SSSR count). The Morgan fingerprint density at radius 1 is 1.58 bits per heavy atom. The maximum atomic E-state index is 10.8. The highest BCUT2D eigenvalue weighted by Gasteiger charge is 2.21. The number of hydrogen-bond acceptors (Lipinski definition) is 4. The van der Waals surface area contributed by atoms with E-state index in [1.165, 1.54) is 6.07 Å². The smallest absolute Gasteiger partial charge is 0.271 e. The molecular weight excluding hydrogens is 268 g/mol. The number of likely N-dealkylation sites (N-methyl/N-ethyl adjacent to an activating group) is 1. The minimum atomic E-state index is -0.428. The highest BCUT2D eigenvalue weighted by Crippen LogP contribution is 2.33. The Morgan fingerprint density at radius 3 is 2.84 bits per heavy atom. The molecule has 1 heterocycles. The Bertz CT molecular complexity index is 464. The summed E-state index contributed by atoms with van der Waals surface area (Å²) in [4.78, 5) is 12.4. The molecule has 0 aromatic heterocycles. The monoisotopic (exact) mass is 284 g/mol. The van der Waals surface area contributed by atoms with E-state index in [0.717, 1.165) is 37.2 Å². The minimum absolute atomic E-state index is 0.0248. The van der Waals surface area contributed by atoms with E-state index in [2.05, 4.69) is 0 Å². The third-order valence-corrected chi connectivity index (χ3v) is 3.62. The number of hydrogen-bond donors (Lipinski definition) is 0. The molecule has 1 fully saturated rings. The third kappa shape index (κ3) is 3.16. The molecule has 1 aromatic rings. The molecule has 0 aliphatic carbocycles. The number of non-ortho nitro benzene ring substituents is 1. The van der Waals surface area contributed by atoms with Crippen molar-refractivity contribution in [3.05, 3.63) is 32.8 Å². The van der Waals surface area contributed by atoms with Crippen LogP contribution in [0.3, 0.4) is 0 Å². The highest BCUT2D eigenvalue weighted by molar-refractivity contribution is 6.33. The summed E-state index contributed by atoms with van der Waals surface area (Å²) < 4.78 is 5.59. The van der Waals surface area contributed by atoms with Crippen LogP contribution in [0.25, 0.3) is 0 Å². The molecule has 6 heteroatoms. The van der Waals surface area contributed by atoms with Crippen LogP contribution in [0.4, 0.5) is 11.4 Å². The van der Waals surface area contributed by atoms with Crippen LogP contribution in [0.5, 0.6) is 0 Å². The summed E-state index contributed by atoms with van der Waals surface area (Å²) >= 11 is 6.17. The normalized spacial score (nSPS) is 18.6. The molecule has 5 nitrogen and oxygen atoms in total. The van der Waals surface area contributed by atoms with Gasteiger partial charge in [0, 0.05) is 32.3 Å². The summed E-state index contributed by atoms with van der Waals surface area (Å²) in [5, 5.41) is 11.2. The largest absolute Gasteiger partial charge is 0.376 e. The molecule has 19 heavy (non-hydrogen) atoms. The zero-order valence-corrected chi connectivity index (χ0v) is 11.8. The first kappa shape index (κ1) is 14.1. The van der Waals surface area contributed by atoms with Crippen molar-refractivity contribution < 1.29 is 9.66 Å². The van der Waals surface area contributed by atoms with Crippen molar-refractivity contribution in [1.82, 2.24) is 0 Å². The van der Waals surface area contributed by atoms with Crippen molar-refractivity contribution in [3.63, 3.8) is 0 Å². The molecule has 0 amide bonds. The van der Waals surface area contributed by atoms with Crippen LogP contribution in [-0.4, -0.2) is 31.2 Å². The zero-order chi connectivity index (χ0) is 14.0. The summed E-state index contributed by atoms with van der Waals surface area (Å²) in [6, 6.07) is 2.95. The molecule has 1 aliphatic heterocycles. The predicted octanol–water partition coefficient (Wildman–Crippen LogP) is 3.17. The maximum absolute atomic E-state index is 10.8. The van der Waals surface area contributed by atoms with Gasteiger partial charge in [-0.1, -0.05) is 11.6 Å². The van der Waals surface area contributed by atoms with Gasteiger partial charge in [0.15, 0.2) is 0 Å². The van der Waals surface area contributed by atoms with Crippen molar-refractivity contribution in [2.45, 2.75) is 25.9 Å². The van der Waals surface area contributed by atoms with E-state index in [-0.39, 0.29) is 11.8 Å². The fraction of sp³-hybridized carbons (Fsp3) is 0.538. The molecule has 0 bridgehead atoms. The maximum Gasteiger partial charge on any atom is 0.271 e. The molecule has 1 aliphatic rings. The first-order valence-electron chi connectivity index (χ1n) is 6.26. The number of nitrogens with zero attached hydrogens (tertiary/aromatic N) is 2. The fourth-order valence-corrected chi connectivity index (χ4v) is 2.90. The number of anilines is 1. The molecule has 1 saturated heterocycles. The molecule has 1 atom stereocenters. The Kier molecular flexibility index (Phi) is 4.27. The number of rotatable bonds is 4. The second-order valence-electron chi connectivity index (χ2n) is 4.87. The first-order valence-corrected chi connectivity index (χ1v) is 6.64. The minimum Gasteiger partial charge on any atom is -0.376 e. The van der Waals surface area contributed by atoms with Gasteiger partial charge in [-0.2, -0.15) is 0 Å². The van der Waals surface area contributed by atoms with Crippen molar-refractivity contribution in [1.29, 1.82) is 0 Å². The van der Waals surface area contributed by atoms with Gasteiger partial charge in [-0.25, -0.2) is 0 Å². The summed E-state index contributed by atoms with van der Waals surface area (Å²) in [6.45, 7) is 3.39. The van der Waals surface area contributed by atoms with Crippen LogP contribution in [-0.2, 0) is 4.74 Å². The van der Waals surface area contributed by atoms with E-state index in [9.17, 15) is 10.1 Å². The van der Waals surface area contributed by atoms with Crippen LogP contribution < -0.4 is 4.90 Å². The van der Waals surface area contributed by atoms with Crippen molar-refractivity contribution >= 4 is 23.0 Å². The van der Waals surface area contributed by atoms with Gasteiger partial charge in [0.1, 0.15) is 0 Å². The van der Waals surface area contributed by atoms with Crippen LogP contribution in [0, 0.1) is 17.0 Å². The lowest BCUT2D eigenvalue weighted by atomic mass is 10.1. The van der Waals surface area contributed by atoms with Crippen LogP contribution >= 0.6 is 11.6 Å². The van der Waals surface area contributed by atoms with Crippen molar-refractivity contribution in [2.75, 3.05) is 25.1 Å². The van der Waals surface area contributed by atoms with Gasteiger partial charge in [-0.15, -0.1) is 0 Å². The Balaban J connectivity index is 2.21. The van der Waals surface area contributed by atoms with Gasteiger partial charge in [-0.05, 0) is 25.3 Å². The molecule has 0 N–H and O–H groups in total. The number of ether oxygens (including phenoxy) is 1. The molecular formula is C13H17ClN2O3. The topological polar surface area (TPSA) is 55.6 Å². The summed E-state index contributed by atoms with van der Waals surface area (Å²) in [6.07, 6.45) is 2.36. The average Bonchev–Trinajstić information content (AvgIpc) is 2.80. The standard InChI is InChI=1S/C13H17ClN2O3/c1-9-6-10(16(17)18)7-12(14)13(9)15(2)8-11-4-3-5-19-11/h6-7,11H,3-5,8H2,1-2H3. The van der Waals surface area contributed by atoms with Crippen LogP contribution in [0.1, 0.15) is 18.4 Å². The van der Waals surface area contributed by atoms with E-state index in [0.29, 0.717) is 5.02 Å². The van der Waals surface area contributed by atoms with Gasteiger partial charge in [0.25, 0.3) is 5.69 Å². The fourth-order valence-electron chi connectivity index (χ4n) is 2.49. The summed E-state index contributed by atoms with van der Waals surface area (Å²) in [7, 11) is 1.93. The lowest BCUT2D eigenvalue weighted by Crippen LogP contribution is -2.29. The Morgan fingerprint density at radius 2 is 2.32 bits per heavy atom. The second-order valence-corrected chi connectivity index (χ2v) is 5.27. The van der Waals surface area contributed by atoms with Crippen LogP contribution in [0.15, 0.2) is 12.1 Å². The molecule has 1 aromatic carbocycles. The van der Waals surface area contributed by atoms with Crippen molar-refractivity contribution in [3.8, 4) is 0 Å². The third-order valence-electron chi connectivity index (χ3n) is 3.33. The molecule has 0 saturated carbocycles. The molecule has 0 spiro atoms. The quantitative estimate of drug-likeness (QED) is 0.629. The summed E-state index contributed by atoms with van der Waals surface area (Å²) in [5.41, 5.74) is 1.67. The number of nitro groups is 1. The lowest BCUT2D eigenvalue weighted by Gasteiger charge is -2.25. The summed E-state index contributed by atoms with van der Waals surface area (Å²) in [5.74, 6) is 0.